The average Bonchev–Trinajstić information content (AvgIpc) is 2.67. The zero-order chi connectivity index (χ0) is 18.1. The van der Waals surface area contributed by atoms with Gasteiger partial charge < -0.3 is 15.5 Å². The zero-order valence-electron chi connectivity index (χ0n) is 14.9. The summed E-state index contributed by atoms with van der Waals surface area (Å²) in [6.07, 6.45) is 1.36. The number of nitrogens with zero attached hydrogens (tertiary/aromatic N) is 1. The maximum Gasteiger partial charge on any atom is 0.224 e. The number of piperazine rings is 1. The number of aryl methyl sites for hydroxylation is 2. The Labute approximate surface area is 159 Å². The third-order valence-electron chi connectivity index (χ3n) is 5.21. The highest BCUT2D eigenvalue weighted by atomic mass is 32.1. The van der Waals surface area contributed by atoms with E-state index in [-0.39, 0.29) is 11.9 Å². The minimum atomic E-state index is 0.0896. The van der Waals surface area contributed by atoms with Gasteiger partial charge in [0.25, 0.3) is 0 Å². The minimum Gasteiger partial charge on any atom is -0.359 e. The smallest absolute Gasteiger partial charge is 0.224 e. The lowest BCUT2D eigenvalue weighted by molar-refractivity contribution is -0.116. The Hall–Kier alpha value is -2.24. The van der Waals surface area contributed by atoms with Crippen molar-refractivity contribution in [3.8, 4) is 0 Å². The van der Waals surface area contributed by atoms with Gasteiger partial charge in [-0.05, 0) is 30.5 Å². The van der Waals surface area contributed by atoms with Crippen molar-refractivity contribution in [1.82, 2.24) is 5.32 Å². The molecule has 2 aliphatic rings. The number of anilines is 2. The molecule has 2 aromatic rings. The van der Waals surface area contributed by atoms with E-state index in [0.29, 0.717) is 6.42 Å². The third kappa shape index (κ3) is 3.24. The van der Waals surface area contributed by atoms with Gasteiger partial charge in [0.1, 0.15) is 0 Å². The number of thiocarbonyl (C=S) groups is 1. The second-order valence-corrected chi connectivity index (χ2v) is 7.44. The number of benzene rings is 2. The lowest BCUT2D eigenvalue weighted by Crippen LogP contribution is -2.55. The molecule has 0 bridgehead atoms. The molecule has 1 unspecified atom stereocenters. The second kappa shape index (κ2) is 7.17. The van der Waals surface area contributed by atoms with Crippen LogP contribution in [0.15, 0.2) is 42.5 Å². The topological polar surface area (TPSA) is 44.4 Å². The number of hydrogen-bond donors (Lipinski definition) is 2. The number of carbonyl (C=O) groups excluding carboxylic acids is 1. The molecule has 0 spiro atoms. The van der Waals surface area contributed by atoms with Gasteiger partial charge in [-0.25, -0.2) is 0 Å². The third-order valence-corrected chi connectivity index (χ3v) is 5.71. The fraction of sp³-hybridized carbons (Fsp3) is 0.333. The Morgan fingerprint density at radius 2 is 1.96 bits per heavy atom. The Balaban J connectivity index is 1.69. The molecule has 134 valence electrons. The first kappa shape index (κ1) is 17.2. The number of amides is 1. The van der Waals surface area contributed by atoms with Crippen molar-refractivity contribution in [1.29, 1.82) is 0 Å². The molecule has 1 atom stereocenters. The van der Waals surface area contributed by atoms with E-state index in [1.165, 1.54) is 11.1 Å². The first-order valence-electron chi connectivity index (χ1n) is 9.13. The number of rotatable bonds is 3. The van der Waals surface area contributed by atoms with E-state index in [0.717, 1.165) is 47.9 Å². The highest BCUT2D eigenvalue weighted by Crippen LogP contribution is 2.35. The first-order chi connectivity index (χ1) is 12.6. The van der Waals surface area contributed by atoms with Crippen molar-refractivity contribution in [2.24, 2.45) is 0 Å². The number of carbonyl (C=O) groups is 1. The van der Waals surface area contributed by atoms with Crippen molar-refractivity contribution in [3.05, 3.63) is 59.2 Å². The van der Waals surface area contributed by atoms with Crippen LogP contribution in [-0.4, -0.2) is 36.4 Å². The monoisotopic (exact) mass is 365 g/mol. The summed E-state index contributed by atoms with van der Waals surface area (Å²) in [5, 5.41) is 6.56. The van der Waals surface area contributed by atoms with Gasteiger partial charge in [-0.1, -0.05) is 54.2 Å². The van der Waals surface area contributed by atoms with E-state index < -0.39 is 0 Å². The molecular weight excluding hydrogens is 342 g/mol. The largest absolute Gasteiger partial charge is 0.359 e. The molecule has 0 radical (unpaired) electrons. The predicted molar refractivity (Wildman–Crippen MR) is 110 cm³/mol. The van der Waals surface area contributed by atoms with Crippen LogP contribution in [0.4, 0.5) is 11.4 Å². The van der Waals surface area contributed by atoms with Crippen molar-refractivity contribution in [2.75, 3.05) is 29.9 Å². The van der Waals surface area contributed by atoms with Crippen LogP contribution >= 0.6 is 12.2 Å². The standard InChI is InChI=1S/C21H23N3OS/c1-14-5-7-16(8-6-14)21(26)18-13-22-11-12-24(18)17-4-2-3-15-9-10-19(25)23-20(15)17/h2-8,18,22H,9-13H2,1H3,(H,23,25). The highest BCUT2D eigenvalue weighted by Gasteiger charge is 2.30. The molecule has 0 aromatic heterocycles. The summed E-state index contributed by atoms with van der Waals surface area (Å²) in [4.78, 5) is 15.3. The van der Waals surface area contributed by atoms with Crippen LogP contribution in [0.25, 0.3) is 0 Å². The Morgan fingerprint density at radius 3 is 2.77 bits per heavy atom. The summed E-state index contributed by atoms with van der Waals surface area (Å²) in [6, 6.07) is 14.8. The van der Waals surface area contributed by atoms with E-state index in [4.69, 9.17) is 12.2 Å². The second-order valence-electron chi connectivity index (χ2n) is 7.00. The first-order valence-corrected chi connectivity index (χ1v) is 9.54. The van der Waals surface area contributed by atoms with E-state index in [2.05, 4.69) is 64.9 Å². The summed E-state index contributed by atoms with van der Waals surface area (Å²) < 4.78 is 0. The van der Waals surface area contributed by atoms with E-state index in [1.807, 2.05) is 0 Å². The van der Waals surface area contributed by atoms with Gasteiger partial charge >= 0.3 is 0 Å². The SMILES string of the molecule is Cc1ccc(C(=S)C2CNCCN2c2cccc3c2NC(=O)CC3)cc1. The van der Waals surface area contributed by atoms with Gasteiger partial charge in [-0.15, -0.1) is 0 Å². The van der Waals surface area contributed by atoms with Gasteiger partial charge in [-0.2, -0.15) is 0 Å². The van der Waals surface area contributed by atoms with Crippen LogP contribution < -0.4 is 15.5 Å². The number of fused-ring (bicyclic) bond motifs is 1. The maximum atomic E-state index is 12.0. The van der Waals surface area contributed by atoms with Gasteiger partial charge in [0, 0.05) is 30.9 Å². The summed E-state index contributed by atoms with van der Waals surface area (Å²) >= 11 is 5.87. The molecule has 26 heavy (non-hydrogen) atoms. The number of para-hydroxylation sites is 1. The van der Waals surface area contributed by atoms with Crippen LogP contribution in [0.3, 0.4) is 0 Å². The van der Waals surface area contributed by atoms with Gasteiger partial charge in [-0.3, -0.25) is 4.79 Å². The molecule has 0 aliphatic carbocycles. The summed E-state index contributed by atoms with van der Waals surface area (Å²) in [5.41, 5.74) is 5.58. The molecule has 2 heterocycles. The normalized spacial score (nSPS) is 19.7. The van der Waals surface area contributed by atoms with Crippen LogP contribution in [0, 0.1) is 6.92 Å². The molecule has 5 heteroatoms. The molecule has 1 fully saturated rings. The van der Waals surface area contributed by atoms with Crippen LogP contribution in [0.1, 0.15) is 23.1 Å². The Kier molecular flexibility index (Phi) is 4.74. The summed E-state index contributed by atoms with van der Waals surface area (Å²) in [6.45, 7) is 4.66. The van der Waals surface area contributed by atoms with E-state index >= 15 is 0 Å². The lowest BCUT2D eigenvalue weighted by atomic mass is 9.97. The van der Waals surface area contributed by atoms with Crippen LogP contribution in [0.5, 0.6) is 0 Å². The molecule has 1 amide bonds. The number of hydrogen-bond acceptors (Lipinski definition) is 4. The molecule has 2 aliphatic heterocycles. The lowest BCUT2D eigenvalue weighted by Gasteiger charge is -2.40. The average molecular weight is 366 g/mol. The molecule has 4 rings (SSSR count). The van der Waals surface area contributed by atoms with Crippen molar-refractivity contribution < 1.29 is 4.79 Å². The Morgan fingerprint density at radius 1 is 1.15 bits per heavy atom. The van der Waals surface area contributed by atoms with E-state index in [9.17, 15) is 4.79 Å². The van der Waals surface area contributed by atoms with Crippen LogP contribution in [-0.2, 0) is 11.2 Å². The maximum absolute atomic E-state index is 12.0. The van der Waals surface area contributed by atoms with Gasteiger partial charge in [0.05, 0.1) is 17.4 Å². The fourth-order valence-electron chi connectivity index (χ4n) is 3.77. The van der Waals surface area contributed by atoms with Crippen molar-refractivity contribution in [3.63, 3.8) is 0 Å². The molecule has 4 nitrogen and oxygen atoms in total. The fourth-order valence-corrected chi connectivity index (χ4v) is 4.11. The number of nitrogens with one attached hydrogen (secondary N) is 2. The van der Waals surface area contributed by atoms with Gasteiger partial charge in [0.2, 0.25) is 5.91 Å². The zero-order valence-corrected chi connectivity index (χ0v) is 15.7. The van der Waals surface area contributed by atoms with E-state index in [1.54, 1.807) is 0 Å². The highest BCUT2D eigenvalue weighted by molar-refractivity contribution is 7.81. The predicted octanol–water partition coefficient (Wildman–Crippen LogP) is 3.08. The van der Waals surface area contributed by atoms with Crippen molar-refractivity contribution >= 4 is 34.4 Å². The molecule has 2 N–H and O–H groups in total. The van der Waals surface area contributed by atoms with Crippen molar-refractivity contribution in [2.45, 2.75) is 25.8 Å². The quantitative estimate of drug-likeness (QED) is 0.648. The molecule has 2 aromatic carbocycles. The molecule has 0 saturated carbocycles. The minimum absolute atomic E-state index is 0.0896. The summed E-state index contributed by atoms with van der Waals surface area (Å²) in [5.74, 6) is 0.0951. The molecule has 1 saturated heterocycles. The molecular formula is C21H23N3OS. The summed E-state index contributed by atoms with van der Waals surface area (Å²) in [7, 11) is 0. The van der Waals surface area contributed by atoms with Crippen LogP contribution in [0.2, 0.25) is 0 Å². The van der Waals surface area contributed by atoms with Gasteiger partial charge in [0.15, 0.2) is 0 Å². The Bertz CT molecular complexity index is 847.